The van der Waals surface area contributed by atoms with E-state index in [1.807, 2.05) is 12.1 Å². The van der Waals surface area contributed by atoms with Crippen molar-refractivity contribution in [3.63, 3.8) is 0 Å². The largest absolute Gasteiger partial charge is 0.460 e. The molecule has 0 bridgehead atoms. The number of nitriles is 1. The van der Waals surface area contributed by atoms with E-state index in [0.29, 0.717) is 16.5 Å². The summed E-state index contributed by atoms with van der Waals surface area (Å²) in [5.41, 5.74) is 1.10. The first-order chi connectivity index (χ1) is 18.2. The van der Waals surface area contributed by atoms with E-state index in [1.54, 1.807) is 72.8 Å². The highest BCUT2D eigenvalue weighted by atomic mass is 79.9. The number of furan rings is 1. The van der Waals surface area contributed by atoms with Crippen LogP contribution in [0.3, 0.4) is 0 Å². The number of carbonyl (C=O) groups is 1. The van der Waals surface area contributed by atoms with Crippen LogP contribution in [0.5, 0.6) is 0 Å². The van der Waals surface area contributed by atoms with Gasteiger partial charge in [0.2, 0.25) is 10.0 Å². The van der Waals surface area contributed by atoms with Crippen LogP contribution < -0.4 is 5.32 Å². The van der Waals surface area contributed by atoms with Crippen molar-refractivity contribution in [2.24, 2.45) is 0 Å². The van der Waals surface area contributed by atoms with Gasteiger partial charge in [-0.25, -0.2) is 8.42 Å². The monoisotopic (exact) mass is 609 g/mol. The van der Waals surface area contributed by atoms with Crippen LogP contribution in [0.4, 0.5) is 5.69 Å². The molecule has 4 rings (SSSR count). The Kier molecular flexibility index (Phi) is 8.81. The summed E-state index contributed by atoms with van der Waals surface area (Å²) in [5, 5.41) is 12.7. The van der Waals surface area contributed by atoms with Crippen LogP contribution in [0.15, 0.2) is 110 Å². The fraction of sp³-hybridized carbons (Fsp3) is 0.0714. The Morgan fingerprint density at radius 2 is 1.74 bits per heavy atom. The fourth-order valence-corrected chi connectivity index (χ4v) is 5.49. The molecule has 0 saturated carbocycles. The van der Waals surface area contributed by atoms with Crippen molar-refractivity contribution in [2.75, 3.05) is 5.32 Å². The molecule has 0 atom stereocenters. The first-order valence-corrected chi connectivity index (χ1v) is 13.9. The number of nitrogens with zero attached hydrogens (tertiary/aromatic N) is 2. The molecule has 3 aromatic carbocycles. The molecule has 1 N–H and O–H groups in total. The minimum atomic E-state index is -3.87. The normalized spacial score (nSPS) is 11.8. The number of hydrogen-bond acceptors (Lipinski definition) is 5. The average molecular weight is 611 g/mol. The minimum absolute atomic E-state index is 0.0696. The van der Waals surface area contributed by atoms with Crippen LogP contribution in [0.2, 0.25) is 5.02 Å². The zero-order valence-electron chi connectivity index (χ0n) is 19.8. The summed E-state index contributed by atoms with van der Waals surface area (Å²) in [6.07, 6.45) is 1.31. The van der Waals surface area contributed by atoms with E-state index < -0.39 is 15.9 Å². The highest BCUT2D eigenvalue weighted by Crippen LogP contribution is 2.24. The summed E-state index contributed by atoms with van der Waals surface area (Å²) in [6, 6.07) is 27.1. The third-order valence-corrected chi connectivity index (χ3v) is 7.95. The Bertz CT molecular complexity index is 1610. The van der Waals surface area contributed by atoms with Crippen LogP contribution in [0, 0.1) is 11.3 Å². The van der Waals surface area contributed by atoms with Gasteiger partial charge in [0, 0.05) is 27.8 Å². The summed E-state index contributed by atoms with van der Waals surface area (Å²) >= 11 is 9.32. The Morgan fingerprint density at radius 1 is 1.00 bits per heavy atom. The molecule has 192 valence electrons. The van der Waals surface area contributed by atoms with E-state index in [9.17, 15) is 18.5 Å². The van der Waals surface area contributed by atoms with Gasteiger partial charge >= 0.3 is 0 Å². The zero-order valence-corrected chi connectivity index (χ0v) is 23.0. The summed E-state index contributed by atoms with van der Waals surface area (Å²) < 4.78 is 34.8. The number of rotatable bonds is 9. The topological polar surface area (TPSA) is 103 Å². The molecule has 0 radical (unpaired) electrons. The molecular formula is C28H21BrClN3O4S. The Hall–Kier alpha value is -3.68. The first kappa shape index (κ1) is 27.4. The average Bonchev–Trinajstić information content (AvgIpc) is 3.35. The summed E-state index contributed by atoms with van der Waals surface area (Å²) in [7, 11) is -3.87. The molecule has 0 saturated heterocycles. The van der Waals surface area contributed by atoms with E-state index in [2.05, 4.69) is 21.2 Å². The van der Waals surface area contributed by atoms with Crippen LogP contribution in [-0.4, -0.2) is 18.6 Å². The number of hydrogen-bond donors (Lipinski definition) is 1. The standard InChI is InChI=1S/C28H21BrClN3O4S/c29-22-5-4-6-24(16-22)32-28(34)21(17-31)15-25-13-14-26(37-25)19-33(18-20-9-11-23(30)12-10-20)38(35,36)27-7-2-1-3-8-27/h1-16H,18-19H2,(H,32,34)/b21-15-. The highest BCUT2D eigenvalue weighted by Gasteiger charge is 2.26. The molecule has 10 heteroatoms. The Morgan fingerprint density at radius 3 is 2.42 bits per heavy atom. The van der Waals surface area contributed by atoms with E-state index in [0.717, 1.165) is 10.0 Å². The van der Waals surface area contributed by atoms with Crippen molar-refractivity contribution < 1.29 is 17.6 Å². The summed E-state index contributed by atoms with van der Waals surface area (Å²) in [5.74, 6) is -0.0153. The molecule has 4 aromatic rings. The van der Waals surface area contributed by atoms with Gasteiger partial charge in [-0.05, 0) is 60.2 Å². The second-order valence-corrected chi connectivity index (χ2v) is 11.4. The Balaban J connectivity index is 1.57. The molecule has 0 aliphatic rings. The lowest BCUT2D eigenvalue weighted by atomic mass is 10.2. The molecule has 0 fully saturated rings. The number of nitrogens with one attached hydrogen (secondary N) is 1. The van der Waals surface area contributed by atoms with Gasteiger partial charge in [-0.2, -0.15) is 9.57 Å². The fourth-order valence-electron chi connectivity index (χ4n) is 3.55. The molecule has 38 heavy (non-hydrogen) atoms. The molecule has 0 aliphatic heterocycles. The predicted octanol–water partition coefficient (Wildman–Crippen LogP) is 6.63. The number of amides is 1. The van der Waals surface area contributed by atoms with Crippen molar-refractivity contribution in [3.05, 3.63) is 123 Å². The lowest BCUT2D eigenvalue weighted by molar-refractivity contribution is -0.112. The number of halogens is 2. The molecule has 1 amide bonds. The molecule has 1 aromatic heterocycles. The molecule has 1 heterocycles. The predicted molar refractivity (Wildman–Crippen MR) is 149 cm³/mol. The van der Waals surface area contributed by atoms with Gasteiger partial charge in [-0.3, -0.25) is 4.79 Å². The minimum Gasteiger partial charge on any atom is -0.460 e. The van der Waals surface area contributed by atoms with E-state index in [4.69, 9.17) is 16.0 Å². The zero-order chi connectivity index (χ0) is 27.1. The van der Waals surface area contributed by atoms with Crippen molar-refractivity contribution >= 4 is 55.2 Å². The van der Waals surface area contributed by atoms with Crippen LogP contribution in [-0.2, 0) is 27.9 Å². The third kappa shape index (κ3) is 7.00. The number of benzene rings is 3. The highest BCUT2D eigenvalue weighted by molar-refractivity contribution is 9.10. The van der Waals surface area contributed by atoms with Gasteiger partial charge < -0.3 is 9.73 Å². The number of carbonyl (C=O) groups excluding carboxylic acids is 1. The van der Waals surface area contributed by atoms with Crippen LogP contribution in [0.25, 0.3) is 6.08 Å². The van der Waals surface area contributed by atoms with Crippen molar-refractivity contribution in [1.29, 1.82) is 5.26 Å². The van der Waals surface area contributed by atoms with Gasteiger partial charge in [-0.1, -0.05) is 63.9 Å². The summed E-state index contributed by atoms with van der Waals surface area (Å²) in [6.45, 7) is 0.0125. The SMILES string of the molecule is N#C/C(=C/c1ccc(CN(Cc2ccc(Cl)cc2)S(=O)(=O)c2ccccc2)o1)C(=O)Nc1cccc(Br)c1. The second-order valence-electron chi connectivity index (χ2n) is 8.15. The number of sulfonamides is 1. The van der Waals surface area contributed by atoms with Gasteiger partial charge in [0.25, 0.3) is 5.91 Å². The van der Waals surface area contributed by atoms with E-state index in [-0.39, 0.29) is 29.3 Å². The lowest BCUT2D eigenvalue weighted by Gasteiger charge is -2.21. The van der Waals surface area contributed by atoms with Gasteiger partial charge in [0.1, 0.15) is 23.2 Å². The summed E-state index contributed by atoms with van der Waals surface area (Å²) in [4.78, 5) is 12.8. The van der Waals surface area contributed by atoms with Gasteiger partial charge in [0.15, 0.2) is 0 Å². The molecular weight excluding hydrogens is 590 g/mol. The van der Waals surface area contributed by atoms with Crippen molar-refractivity contribution in [3.8, 4) is 6.07 Å². The van der Waals surface area contributed by atoms with Crippen LogP contribution in [0.1, 0.15) is 17.1 Å². The van der Waals surface area contributed by atoms with E-state index in [1.165, 1.54) is 22.5 Å². The van der Waals surface area contributed by atoms with Gasteiger partial charge in [0.05, 0.1) is 11.4 Å². The van der Waals surface area contributed by atoms with Gasteiger partial charge in [-0.15, -0.1) is 0 Å². The quantitative estimate of drug-likeness (QED) is 0.169. The van der Waals surface area contributed by atoms with Crippen molar-refractivity contribution in [1.82, 2.24) is 4.31 Å². The molecule has 0 unspecified atom stereocenters. The third-order valence-electron chi connectivity index (χ3n) is 5.40. The van der Waals surface area contributed by atoms with Crippen molar-refractivity contribution in [2.45, 2.75) is 18.0 Å². The maximum atomic E-state index is 13.5. The number of anilines is 1. The molecule has 0 spiro atoms. The van der Waals surface area contributed by atoms with E-state index >= 15 is 0 Å². The lowest BCUT2D eigenvalue weighted by Crippen LogP contribution is -2.30. The Labute approximate surface area is 234 Å². The second kappa shape index (κ2) is 12.2. The molecule has 7 nitrogen and oxygen atoms in total. The smallest absolute Gasteiger partial charge is 0.266 e. The maximum absolute atomic E-state index is 13.5. The van der Waals surface area contributed by atoms with Crippen LogP contribution >= 0.6 is 27.5 Å². The first-order valence-electron chi connectivity index (χ1n) is 11.3. The molecule has 0 aliphatic carbocycles. The maximum Gasteiger partial charge on any atom is 0.266 e.